The van der Waals surface area contributed by atoms with Crippen molar-refractivity contribution in [3.05, 3.63) is 72.9 Å². The van der Waals surface area contributed by atoms with Crippen LogP contribution in [0.1, 0.15) is 348 Å². The van der Waals surface area contributed by atoms with Crippen molar-refractivity contribution in [3.63, 3.8) is 0 Å². The van der Waals surface area contributed by atoms with Gasteiger partial charge in [0.1, 0.15) is 13.2 Å². The Kier molecular flexibility index (Phi) is 63.7. The molecule has 0 aromatic rings. The number of carbonyl (C=O) groups excluding carboxylic acids is 3. The van der Waals surface area contributed by atoms with Crippen LogP contribution in [0, 0.1) is 0 Å². The van der Waals surface area contributed by atoms with Gasteiger partial charge in [-0.05, 0) is 89.9 Å². The van der Waals surface area contributed by atoms with Crippen LogP contribution in [0.5, 0.6) is 0 Å². The molecular formula is C72H128O6. The van der Waals surface area contributed by atoms with Crippen molar-refractivity contribution in [1.82, 2.24) is 0 Å². The highest BCUT2D eigenvalue weighted by Gasteiger charge is 2.19. The van der Waals surface area contributed by atoms with Crippen LogP contribution in [-0.4, -0.2) is 37.2 Å². The van der Waals surface area contributed by atoms with Gasteiger partial charge in [0.25, 0.3) is 0 Å². The molecule has 0 aromatic carbocycles. The molecule has 0 aliphatic carbocycles. The first-order chi connectivity index (χ1) is 38.5. The summed E-state index contributed by atoms with van der Waals surface area (Å²) in [7, 11) is 0. The molecule has 0 saturated heterocycles. The Morgan fingerprint density at radius 2 is 0.500 bits per heavy atom. The Labute approximate surface area is 484 Å². The number of rotatable bonds is 62. The third-order valence-corrected chi connectivity index (χ3v) is 14.9. The Morgan fingerprint density at radius 3 is 0.795 bits per heavy atom. The van der Waals surface area contributed by atoms with Crippen molar-refractivity contribution in [3.8, 4) is 0 Å². The summed E-state index contributed by atoms with van der Waals surface area (Å²) in [6.45, 7) is 6.49. The van der Waals surface area contributed by atoms with Gasteiger partial charge in [-0.3, -0.25) is 14.4 Å². The number of hydrogen-bond donors (Lipinski definition) is 0. The monoisotopic (exact) mass is 1090 g/mol. The summed E-state index contributed by atoms with van der Waals surface area (Å²) in [5, 5.41) is 0. The van der Waals surface area contributed by atoms with E-state index >= 15 is 0 Å². The van der Waals surface area contributed by atoms with Crippen LogP contribution in [0.15, 0.2) is 72.9 Å². The first-order valence-electron chi connectivity index (χ1n) is 33.9. The Balaban J connectivity index is 3.99. The second kappa shape index (κ2) is 66.4. The first kappa shape index (κ1) is 74.8. The lowest BCUT2D eigenvalue weighted by Gasteiger charge is -2.18. The van der Waals surface area contributed by atoms with Crippen molar-refractivity contribution in [2.45, 2.75) is 354 Å². The van der Waals surface area contributed by atoms with Gasteiger partial charge in [-0.15, -0.1) is 0 Å². The number of allylic oxidation sites excluding steroid dienone is 12. The second-order valence-corrected chi connectivity index (χ2v) is 22.7. The van der Waals surface area contributed by atoms with Gasteiger partial charge in [-0.1, -0.05) is 312 Å². The molecule has 78 heavy (non-hydrogen) atoms. The summed E-state index contributed by atoms with van der Waals surface area (Å²) in [5.41, 5.74) is 0. The van der Waals surface area contributed by atoms with Gasteiger partial charge in [0.2, 0.25) is 0 Å². The quantitative estimate of drug-likeness (QED) is 0.0261. The van der Waals surface area contributed by atoms with E-state index in [0.29, 0.717) is 19.3 Å². The molecule has 0 fully saturated rings. The summed E-state index contributed by atoms with van der Waals surface area (Å²) in [6.07, 6.45) is 86.9. The standard InChI is InChI=1S/C72H128O6/c1-4-7-10-13-16-18-20-22-24-26-28-30-31-32-33-34-35-36-37-38-39-40-41-43-44-46-48-50-52-54-56-59-62-65-71(74)77-68-69(67-76-70(73)64-61-58-15-12-9-6-3)78-72(75)66-63-60-57-55-53-51-49-47-45-42-29-27-25-23-21-19-17-14-11-8-5-2/h8,11,17,19,23,25-26,28-29,42,47,49,69H,4-7,9-10,12-16,18,20-22,24,27,30-41,43-46,48,50-68H2,1-3H3/b11-8-,19-17-,25-23-,28-26-,42-29-,49-47-. The SMILES string of the molecule is CC/C=C\C/C=C\C/C=C\C/C=C\C/C=C\CCCCCCCC(=O)OC(COC(=O)CCCCCCCC)COC(=O)CCCCCCCCCCCCCCCCCCCCCCC/C=C\CCCCCCCCCC. The average Bonchev–Trinajstić information content (AvgIpc) is 3.44. The minimum Gasteiger partial charge on any atom is -0.462 e. The zero-order valence-corrected chi connectivity index (χ0v) is 51.9. The van der Waals surface area contributed by atoms with Crippen LogP contribution in [-0.2, 0) is 28.6 Å². The predicted octanol–water partition coefficient (Wildman–Crippen LogP) is 23.3. The average molecular weight is 1090 g/mol. The summed E-state index contributed by atoms with van der Waals surface area (Å²) in [5.74, 6) is -0.895. The molecule has 0 N–H and O–H groups in total. The Morgan fingerprint density at radius 1 is 0.269 bits per heavy atom. The molecule has 1 atom stereocenters. The molecule has 0 aliphatic heterocycles. The molecule has 0 saturated carbocycles. The maximum atomic E-state index is 12.8. The van der Waals surface area contributed by atoms with Crippen LogP contribution in [0.25, 0.3) is 0 Å². The van der Waals surface area contributed by atoms with Gasteiger partial charge in [0, 0.05) is 19.3 Å². The summed E-state index contributed by atoms with van der Waals surface area (Å²) in [6, 6.07) is 0. The normalized spacial score (nSPS) is 12.5. The lowest BCUT2D eigenvalue weighted by Crippen LogP contribution is -2.30. The highest BCUT2D eigenvalue weighted by Crippen LogP contribution is 2.18. The molecule has 0 bridgehead atoms. The number of esters is 3. The molecule has 6 nitrogen and oxygen atoms in total. The van der Waals surface area contributed by atoms with Gasteiger partial charge >= 0.3 is 17.9 Å². The van der Waals surface area contributed by atoms with Crippen molar-refractivity contribution in [2.75, 3.05) is 13.2 Å². The largest absolute Gasteiger partial charge is 0.462 e. The van der Waals surface area contributed by atoms with Crippen LogP contribution >= 0.6 is 0 Å². The molecule has 6 heteroatoms. The first-order valence-corrected chi connectivity index (χ1v) is 33.9. The van der Waals surface area contributed by atoms with Gasteiger partial charge in [0.15, 0.2) is 6.10 Å². The van der Waals surface area contributed by atoms with E-state index < -0.39 is 6.10 Å². The van der Waals surface area contributed by atoms with E-state index in [1.807, 2.05) is 0 Å². The molecular weight excluding hydrogens is 961 g/mol. The van der Waals surface area contributed by atoms with E-state index in [1.54, 1.807) is 0 Å². The van der Waals surface area contributed by atoms with E-state index in [4.69, 9.17) is 14.2 Å². The lowest BCUT2D eigenvalue weighted by molar-refractivity contribution is -0.167. The molecule has 1 unspecified atom stereocenters. The Bertz CT molecular complexity index is 1440. The fourth-order valence-electron chi connectivity index (χ4n) is 9.88. The topological polar surface area (TPSA) is 78.9 Å². The zero-order chi connectivity index (χ0) is 56.4. The van der Waals surface area contributed by atoms with E-state index in [-0.39, 0.29) is 31.1 Å². The molecule has 0 aromatic heterocycles. The van der Waals surface area contributed by atoms with Gasteiger partial charge in [0.05, 0.1) is 0 Å². The third kappa shape index (κ3) is 63.7. The van der Waals surface area contributed by atoms with Crippen LogP contribution in [0.4, 0.5) is 0 Å². The number of ether oxygens (including phenoxy) is 3. The summed E-state index contributed by atoms with van der Waals surface area (Å²) >= 11 is 0. The smallest absolute Gasteiger partial charge is 0.306 e. The highest BCUT2D eigenvalue weighted by molar-refractivity contribution is 5.71. The fraction of sp³-hybridized carbons (Fsp3) is 0.792. The second-order valence-electron chi connectivity index (χ2n) is 22.7. The molecule has 0 spiro atoms. The number of hydrogen-bond acceptors (Lipinski definition) is 6. The number of carbonyl (C=O) groups is 3. The van der Waals surface area contributed by atoms with Crippen LogP contribution < -0.4 is 0 Å². The summed E-state index contributed by atoms with van der Waals surface area (Å²) in [4.78, 5) is 38.0. The van der Waals surface area contributed by atoms with E-state index in [1.165, 1.54) is 199 Å². The maximum Gasteiger partial charge on any atom is 0.306 e. The molecule has 0 aliphatic rings. The molecule has 0 radical (unpaired) electrons. The van der Waals surface area contributed by atoms with E-state index in [0.717, 1.165) is 109 Å². The minimum absolute atomic E-state index is 0.0804. The number of unbranched alkanes of at least 4 members (excludes halogenated alkanes) is 39. The van der Waals surface area contributed by atoms with Gasteiger partial charge in [-0.25, -0.2) is 0 Å². The Hall–Kier alpha value is -3.15. The van der Waals surface area contributed by atoms with Gasteiger partial charge < -0.3 is 14.2 Å². The zero-order valence-electron chi connectivity index (χ0n) is 51.9. The lowest BCUT2D eigenvalue weighted by atomic mass is 10.0. The van der Waals surface area contributed by atoms with E-state index in [2.05, 4.69) is 93.7 Å². The van der Waals surface area contributed by atoms with Crippen LogP contribution in [0.3, 0.4) is 0 Å². The maximum absolute atomic E-state index is 12.8. The summed E-state index contributed by atoms with van der Waals surface area (Å²) < 4.78 is 16.8. The molecule has 0 rings (SSSR count). The van der Waals surface area contributed by atoms with Crippen molar-refractivity contribution in [2.24, 2.45) is 0 Å². The van der Waals surface area contributed by atoms with Crippen molar-refractivity contribution < 1.29 is 28.6 Å². The molecule has 0 amide bonds. The third-order valence-electron chi connectivity index (χ3n) is 14.9. The van der Waals surface area contributed by atoms with Crippen molar-refractivity contribution >= 4 is 17.9 Å². The van der Waals surface area contributed by atoms with Crippen LogP contribution in [0.2, 0.25) is 0 Å². The highest BCUT2D eigenvalue weighted by atomic mass is 16.6. The van der Waals surface area contributed by atoms with Crippen molar-refractivity contribution in [1.29, 1.82) is 0 Å². The minimum atomic E-state index is -0.782. The van der Waals surface area contributed by atoms with E-state index in [9.17, 15) is 14.4 Å². The molecule has 0 heterocycles. The predicted molar refractivity (Wildman–Crippen MR) is 339 cm³/mol. The fourth-order valence-corrected chi connectivity index (χ4v) is 9.88. The van der Waals surface area contributed by atoms with Gasteiger partial charge in [-0.2, -0.15) is 0 Å². The molecule has 452 valence electrons.